The topological polar surface area (TPSA) is 35.2 Å². The van der Waals surface area contributed by atoms with Crippen molar-refractivity contribution in [3.63, 3.8) is 0 Å². The quantitative estimate of drug-likeness (QED) is 0.793. The second-order valence-corrected chi connectivity index (χ2v) is 6.53. The molecule has 0 spiro atoms. The Morgan fingerprint density at radius 2 is 1.56 bits per heavy atom. The third-order valence-electron chi connectivity index (χ3n) is 4.08. The summed E-state index contributed by atoms with van der Waals surface area (Å²) in [7, 11) is 0. The molecule has 18 heavy (non-hydrogen) atoms. The van der Waals surface area contributed by atoms with E-state index in [0.717, 1.165) is 17.4 Å². The molecule has 0 aliphatic heterocycles. The van der Waals surface area contributed by atoms with Crippen LogP contribution in [0.5, 0.6) is 5.75 Å². The van der Waals surface area contributed by atoms with Crippen molar-refractivity contribution in [1.29, 1.82) is 0 Å². The molecule has 0 unspecified atom stereocenters. The Hall–Kier alpha value is -1.18. The van der Waals surface area contributed by atoms with E-state index in [0.29, 0.717) is 11.5 Å². The Morgan fingerprint density at radius 3 is 2.06 bits per heavy atom. The molecular weight excluding hydrogens is 222 g/mol. The van der Waals surface area contributed by atoms with Crippen molar-refractivity contribution in [2.24, 2.45) is 11.3 Å². The second kappa shape index (κ2) is 5.21. The van der Waals surface area contributed by atoms with Crippen LogP contribution in [0.25, 0.3) is 0 Å². The van der Waals surface area contributed by atoms with Gasteiger partial charge < -0.3 is 10.5 Å². The minimum atomic E-state index is 0.382. The standard InChI is InChI=1S/C16H25NO/c1-16(2,3)12-4-8-14(9-5-12)18-15-10-6-13(17)7-11-15/h6-7,10-12,14H,4-5,8-9,17H2,1-3H3. The molecule has 1 fully saturated rings. The number of ether oxygens (including phenoxy) is 1. The molecule has 2 rings (SSSR count). The SMILES string of the molecule is CC(C)(C)C1CCC(Oc2ccc(N)cc2)CC1. The summed E-state index contributed by atoms with van der Waals surface area (Å²) in [6.07, 6.45) is 5.29. The van der Waals surface area contributed by atoms with Crippen LogP contribution >= 0.6 is 0 Å². The Balaban J connectivity index is 1.85. The lowest BCUT2D eigenvalue weighted by molar-refractivity contribution is 0.0882. The zero-order chi connectivity index (χ0) is 13.2. The molecule has 2 N–H and O–H groups in total. The fraction of sp³-hybridized carbons (Fsp3) is 0.625. The summed E-state index contributed by atoms with van der Waals surface area (Å²) in [5.74, 6) is 1.78. The summed E-state index contributed by atoms with van der Waals surface area (Å²) < 4.78 is 6.02. The van der Waals surface area contributed by atoms with Gasteiger partial charge in [-0.05, 0) is 61.3 Å². The smallest absolute Gasteiger partial charge is 0.119 e. The molecule has 1 aliphatic carbocycles. The number of hydrogen-bond acceptors (Lipinski definition) is 2. The first-order valence-corrected chi connectivity index (χ1v) is 6.97. The van der Waals surface area contributed by atoms with Gasteiger partial charge >= 0.3 is 0 Å². The molecule has 1 aromatic rings. The molecule has 0 heterocycles. The van der Waals surface area contributed by atoms with E-state index >= 15 is 0 Å². The fourth-order valence-corrected chi connectivity index (χ4v) is 2.79. The third-order valence-corrected chi connectivity index (χ3v) is 4.08. The highest BCUT2D eigenvalue weighted by molar-refractivity contribution is 5.41. The van der Waals surface area contributed by atoms with Crippen molar-refractivity contribution >= 4 is 5.69 Å². The first-order chi connectivity index (χ1) is 8.45. The van der Waals surface area contributed by atoms with Gasteiger partial charge in [-0.3, -0.25) is 0 Å². The highest BCUT2D eigenvalue weighted by Gasteiger charge is 2.30. The number of hydrogen-bond donors (Lipinski definition) is 1. The van der Waals surface area contributed by atoms with E-state index in [1.165, 1.54) is 25.7 Å². The van der Waals surface area contributed by atoms with Crippen LogP contribution in [0.2, 0.25) is 0 Å². The lowest BCUT2D eigenvalue weighted by Crippen LogP contribution is -2.30. The van der Waals surface area contributed by atoms with Crippen molar-refractivity contribution in [3.8, 4) is 5.75 Å². The highest BCUT2D eigenvalue weighted by Crippen LogP contribution is 2.38. The molecule has 0 aromatic heterocycles. The maximum absolute atomic E-state index is 6.02. The van der Waals surface area contributed by atoms with Gasteiger partial charge in [-0.2, -0.15) is 0 Å². The fourth-order valence-electron chi connectivity index (χ4n) is 2.79. The Kier molecular flexibility index (Phi) is 3.84. The van der Waals surface area contributed by atoms with E-state index < -0.39 is 0 Å². The van der Waals surface area contributed by atoms with Gasteiger partial charge in [0, 0.05) is 5.69 Å². The van der Waals surface area contributed by atoms with Crippen LogP contribution < -0.4 is 10.5 Å². The average molecular weight is 247 g/mol. The zero-order valence-corrected chi connectivity index (χ0v) is 11.8. The molecule has 1 aliphatic rings. The number of benzene rings is 1. The van der Waals surface area contributed by atoms with E-state index in [1.807, 2.05) is 24.3 Å². The van der Waals surface area contributed by atoms with Gasteiger partial charge in [0.05, 0.1) is 6.10 Å². The molecule has 0 radical (unpaired) electrons. The molecule has 0 bridgehead atoms. The van der Waals surface area contributed by atoms with Gasteiger partial charge in [0.1, 0.15) is 5.75 Å². The van der Waals surface area contributed by atoms with E-state index in [1.54, 1.807) is 0 Å². The van der Waals surface area contributed by atoms with Crippen molar-refractivity contribution in [2.75, 3.05) is 5.73 Å². The maximum Gasteiger partial charge on any atom is 0.119 e. The molecule has 2 heteroatoms. The second-order valence-electron chi connectivity index (χ2n) is 6.53. The van der Waals surface area contributed by atoms with Crippen LogP contribution in [0, 0.1) is 11.3 Å². The Labute approximate surface area is 111 Å². The summed E-state index contributed by atoms with van der Waals surface area (Å²) in [5, 5.41) is 0. The molecule has 0 atom stereocenters. The maximum atomic E-state index is 6.02. The number of anilines is 1. The van der Waals surface area contributed by atoms with Gasteiger partial charge in [-0.15, -0.1) is 0 Å². The molecular formula is C16H25NO. The van der Waals surface area contributed by atoms with Gasteiger partial charge in [0.25, 0.3) is 0 Å². The first-order valence-electron chi connectivity index (χ1n) is 6.97. The van der Waals surface area contributed by atoms with E-state index in [2.05, 4.69) is 20.8 Å². The Bertz CT molecular complexity index is 369. The summed E-state index contributed by atoms with van der Waals surface area (Å²) >= 11 is 0. The normalized spacial score (nSPS) is 24.8. The van der Waals surface area contributed by atoms with Crippen molar-refractivity contribution < 1.29 is 4.74 Å². The van der Waals surface area contributed by atoms with Crippen LogP contribution in [-0.4, -0.2) is 6.10 Å². The van der Waals surface area contributed by atoms with Gasteiger partial charge in [0.15, 0.2) is 0 Å². The minimum Gasteiger partial charge on any atom is -0.490 e. The van der Waals surface area contributed by atoms with E-state index in [9.17, 15) is 0 Å². The van der Waals surface area contributed by atoms with Gasteiger partial charge in [-0.1, -0.05) is 20.8 Å². The minimum absolute atomic E-state index is 0.382. The molecule has 2 nitrogen and oxygen atoms in total. The lowest BCUT2D eigenvalue weighted by Gasteiger charge is -2.36. The molecule has 100 valence electrons. The third kappa shape index (κ3) is 3.41. The van der Waals surface area contributed by atoms with Crippen molar-refractivity contribution in [1.82, 2.24) is 0 Å². The summed E-state index contributed by atoms with van der Waals surface area (Å²) in [5.41, 5.74) is 6.90. The van der Waals surface area contributed by atoms with Crippen LogP contribution in [0.1, 0.15) is 46.5 Å². The predicted molar refractivity (Wildman–Crippen MR) is 76.7 cm³/mol. The molecule has 0 saturated heterocycles. The van der Waals surface area contributed by atoms with Gasteiger partial charge in [-0.25, -0.2) is 0 Å². The largest absolute Gasteiger partial charge is 0.490 e. The van der Waals surface area contributed by atoms with Gasteiger partial charge in [0.2, 0.25) is 0 Å². The average Bonchev–Trinajstić information content (AvgIpc) is 2.32. The van der Waals surface area contributed by atoms with Crippen molar-refractivity contribution in [2.45, 2.75) is 52.6 Å². The highest BCUT2D eigenvalue weighted by atomic mass is 16.5. The number of nitrogens with two attached hydrogens (primary N) is 1. The van der Waals surface area contributed by atoms with Crippen LogP contribution in [0.4, 0.5) is 5.69 Å². The molecule has 1 saturated carbocycles. The van der Waals surface area contributed by atoms with Crippen LogP contribution in [0.15, 0.2) is 24.3 Å². The lowest BCUT2D eigenvalue weighted by atomic mass is 9.72. The predicted octanol–water partition coefficient (Wildman–Crippen LogP) is 4.25. The number of nitrogen functional groups attached to an aromatic ring is 1. The zero-order valence-electron chi connectivity index (χ0n) is 11.8. The number of rotatable bonds is 2. The molecule has 0 amide bonds. The monoisotopic (exact) mass is 247 g/mol. The summed E-state index contributed by atoms with van der Waals surface area (Å²) in [6.45, 7) is 7.04. The van der Waals surface area contributed by atoms with Crippen LogP contribution in [-0.2, 0) is 0 Å². The first kappa shape index (κ1) is 13.3. The van der Waals surface area contributed by atoms with E-state index in [4.69, 9.17) is 10.5 Å². The molecule has 1 aromatic carbocycles. The summed E-state index contributed by atoms with van der Waals surface area (Å²) in [4.78, 5) is 0. The van der Waals surface area contributed by atoms with E-state index in [-0.39, 0.29) is 0 Å². The Morgan fingerprint density at radius 1 is 1.00 bits per heavy atom. The van der Waals surface area contributed by atoms with Crippen LogP contribution in [0.3, 0.4) is 0 Å². The van der Waals surface area contributed by atoms with Crippen molar-refractivity contribution in [3.05, 3.63) is 24.3 Å². The summed E-state index contributed by atoms with van der Waals surface area (Å²) in [6, 6.07) is 7.72.